The summed E-state index contributed by atoms with van der Waals surface area (Å²) in [5.74, 6) is -1.74. The summed E-state index contributed by atoms with van der Waals surface area (Å²) >= 11 is 0.575. The maximum atomic E-state index is 13.6. The molecule has 2 aromatic rings. The van der Waals surface area contributed by atoms with Gasteiger partial charge in [-0.15, -0.1) is 0 Å². The van der Waals surface area contributed by atoms with Gasteiger partial charge in [-0.1, -0.05) is 0 Å². The molecule has 9 heteroatoms. The predicted octanol–water partition coefficient (Wildman–Crippen LogP) is 0.480. The number of benzene rings is 1. The van der Waals surface area contributed by atoms with Crippen LogP contribution in [0.15, 0.2) is 31.8 Å². The van der Waals surface area contributed by atoms with Crippen molar-refractivity contribution in [2.75, 3.05) is 5.73 Å². The lowest BCUT2D eigenvalue weighted by Gasteiger charge is -2.08. The second-order valence-electron chi connectivity index (χ2n) is 3.62. The molecule has 0 spiro atoms. The highest BCUT2D eigenvalue weighted by Crippen LogP contribution is 2.31. The van der Waals surface area contributed by atoms with Crippen LogP contribution in [-0.4, -0.2) is 14.8 Å². The second kappa shape index (κ2) is 4.84. The van der Waals surface area contributed by atoms with Gasteiger partial charge < -0.3 is 5.73 Å². The fourth-order valence-electron chi connectivity index (χ4n) is 1.32. The number of nitrogen functional groups attached to an aromatic ring is 1. The lowest BCUT2D eigenvalue weighted by atomic mass is 10.3. The molecule has 0 amide bonds. The number of hydrogen-bond donors (Lipinski definition) is 2. The van der Waals surface area contributed by atoms with Crippen molar-refractivity contribution < 1.29 is 8.78 Å². The molecule has 0 aliphatic heterocycles. The third-order valence-electron chi connectivity index (χ3n) is 2.16. The topological polar surface area (TPSA) is 93.8 Å². The van der Waals surface area contributed by atoms with Crippen LogP contribution < -0.4 is 16.9 Å². The summed E-state index contributed by atoms with van der Waals surface area (Å²) in [6.07, 6.45) is 0. The van der Waals surface area contributed by atoms with E-state index in [2.05, 4.69) is 10.1 Å². The van der Waals surface area contributed by atoms with E-state index < -0.39 is 22.8 Å². The summed E-state index contributed by atoms with van der Waals surface area (Å²) in [6, 6.07) is 1.91. The average molecular weight is 286 g/mol. The molecule has 1 aromatic heterocycles. The number of anilines is 1. The first-order valence-electron chi connectivity index (χ1n) is 4.98. The number of aryl methyl sites for hydroxylation is 1. The molecular weight excluding hydrogens is 278 g/mol. The molecule has 3 N–H and O–H groups in total. The second-order valence-corrected chi connectivity index (χ2v) is 4.59. The summed E-state index contributed by atoms with van der Waals surface area (Å²) in [7, 11) is 1.39. The Kier molecular flexibility index (Phi) is 3.38. The van der Waals surface area contributed by atoms with Crippen molar-refractivity contribution >= 4 is 17.4 Å². The fraction of sp³-hybridized carbons (Fsp3) is 0.100. The molecule has 6 nitrogen and oxygen atoms in total. The lowest BCUT2D eigenvalue weighted by Crippen LogP contribution is -2.33. The first kappa shape index (κ1) is 13.3. The minimum absolute atomic E-state index is 0.0489. The van der Waals surface area contributed by atoms with Crippen molar-refractivity contribution in [3.8, 4) is 0 Å². The van der Waals surface area contributed by atoms with Crippen molar-refractivity contribution in [1.29, 1.82) is 0 Å². The Labute approximate surface area is 109 Å². The minimum atomic E-state index is -1.03. The van der Waals surface area contributed by atoms with Crippen LogP contribution in [0.3, 0.4) is 0 Å². The lowest BCUT2D eigenvalue weighted by molar-refractivity contribution is 0.538. The number of nitrogens with zero attached hydrogens (tertiary/aromatic N) is 2. The molecule has 1 heterocycles. The van der Waals surface area contributed by atoms with E-state index in [4.69, 9.17) is 5.73 Å². The quantitative estimate of drug-likeness (QED) is 0.618. The molecular formula is C10H8F2N4O2S. The van der Waals surface area contributed by atoms with Crippen molar-refractivity contribution in [2.24, 2.45) is 7.05 Å². The molecule has 0 unspecified atom stereocenters. The van der Waals surface area contributed by atoms with E-state index >= 15 is 0 Å². The van der Waals surface area contributed by atoms with Crippen LogP contribution in [0.1, 0.15) is 0 Å². The summed E-state index contributed by atoms with van der Waals surface area (Å²) in [5, 5.41) is 2.12. The molecule has 100 valence electrons. The summed E-state index contributed by atoms with van der Waals surface area (Å²) in [6.45, 7) is 0. The van der Waals surface area contributed by atoms with E-state index in [-0.39, 0.29) is 15.7 Å². The zero-order chi connectivity index (χ0) is 14.2. The van der Waals surface area contributed by atoms with Crippen LogP contribution in [0, 0.1) is 11.6 Å². The largest absolute Gasteiger partial charge is 0.399 e. The maximum absolute atomic E-state index is 13.6. The highest BCUT2D eigenvalue weighted by Gasteiger charge is 2.15. The zero-order valence-corrected chi connectivity index (χ0v) is 10.4. The van der Waals surface area contributed by atoms with Crippen LogP contribution in [0.2, 0.25) is 0 Å². The molecule has 0 bridgehead atoms. The first-order valence-corrected chi connectivity index (χ1v) is 5.80. The van der Waals surface area contributed by atoms with E-state index in [0.29, 0.717) is 11.8 Å². The zero-order valence-electron chi connectivity index (χ0n) is 9.61. The van der Waals surface area contributed by atoms with Gasteiger partial charge >= 0.3 is 11.1 Å². The molecule has 0 atom stereocenters. The smallest absolute Gasteiger partial charge is 0.339 e. The number of aromatic amines is 1. The predicted molar refractivity (Wildman–Crippen MR) is 65.0 cm³/mol. The molecule has 0 aliphatic carbocycles. The number of rotatable bonds is 2. The normalized spacial score (nSPS) is 10.7. The monoisotopic (exact) mass is 286 g/mol. The summed E-state index contributed by atoms with van der Waals surface area (Å²) in [5.41, 5.74) is 3.29. The number of nitrogens with two attached hydrogens (primary N) is 1. The summed E-state index contributed by atoms with van der Waals surface area (Å²) < 4.78 is 28.3. The van der Waals surface area contributed by atoms with Gasteiger partial charge in [-0.05, 0) is 23.9 Å². The average Bonchev–Trinajstić information content (AvgIpc) is 2.29. The van der Waals surface area contributed by atoms with Crippen molar-refractivity contribution in [3.63, 3.8) is 0 Å². The molecule has 19 heavy (non-hydrogen) atoms. The number of H-pyrrole nitrogens is 1. The highest BCUT2D eigenvalue weighted by atomic mass is 32.2. The van der Waals surface area contributed by atoms with E-state index in [1.165, 1.54) is 7.05 Å². The van der Waals surface area contributed by atoms with Gasteiger partial charge in [0.15, 0.2) is 5.16 Å². The number of hydrogen-bond acceptors (Lipinski definition) is 5. The molecule has 0 saturated heterocycles. The Hall–Kier alpha value is -2.16. The number of nitrogens with one attached hydrogen (secondary N) is 1. The fourth-order valence-corrected chi connectivity index (χ4v) is 2.13. The highest BCUT2D eigenvalue weighted by molar-refractivity contribution is 7.99. The Morgan fingerprint density at radius 1 is 1.32 bits per heavy atom. The van der Waals surface area contributed by atoms with E-state index in [9.17, 15) is 18.4 Å². The SMILES string of the molecule is Cn1[nH]c(=O)c(=O)nc1Sc1c(F)cc(N)cc1F. The van der Waals surface area contributed by atoms with Gasteiger partial charge in [0.25, 0.3) is 0 Å². The molecule has 2 rings (SSSR count). The van der Waals surface area contributed by atoms with Gasteiger partial charge in [0, 0.05) is 12.7 Å². The maximum Gasteiger partial charge on any atom is 0.339 e. The molecule has 0 saturated carbocycles. The van der Waals surface area contributed by atoms with Crippen LogP contribution in [0.4, 0.5) is 14.5 Å². The Bertz CT molecular complexity index is 733. The Morgan fingerprint density at radius 2 is 1.89 bits per heavy atom. The molecule has 0 aliphatic rings. The summed E-state index contributed by atoms with van der Waals surface area (Å²) in [4.78, 5) is 25.2. The van der Waals surface area contributed by atoms with Gasteiger partial charge in [-0.2, -0.15) is 4.98 Å². The number of halogens is 2. The molecule has 0 radical (unpaired) electrons. The standard InChI is InChI=1S/C10H8F2N4O2S/c1-16-10(14-8(17)9(18)15-16)19-7-5(11)2-4(13)3-6(7)12/h2-3H,13H2,1H3,(H,15,18). The molecule has 1 aromatic carbocycles. The van der Waals surface area contributed by atoms with Crippen LogP contribution in [0.5, 0.6) is 0 Å². The van der Waals surface area contributed by atoms with Gasteiger partial charge in [-0.25, -0.2) is 8.78 Å². The molecule has 0 fully saturated rings. The van der Waals surface area contributed by atoms with E-state index in [1.54, 1.807) is 0 Å². The van der Waals surface area contributed by atoms with E-state index in [0.717, 1.165) is 16.8 Å². The first-order chi connectivity index (χ1) is 8.88. The van der Waals surface area contributed by atoms with Crippen LogP contribution in [0.25, 0.3) is 0 Å². The van der Waals surface area contributed by atoms with Gasteiger partial charge in [0.2, 0.25) is 0 Å². The van der Waals surface area contributed by atoms with Gasteiger partial charge in [0.1, 0.15) is 11.6 Å². The van der Waals surface area contributed by atoms with Crippen molar-refractivity contribution in [3.05, 3.63) is 44.5 Å². The van der Waals surface area contributed by atoms with Crippen LogP contribution in [-0.2, 0) is 7.05 Å². The van der Waals surface area contributed by atoms with Crippen LogP contribution >= 0.6 is 11.8 Å². The number of aromatic nitrogens is 3. The third-order valence-corrected chi connectivity index (χ3v) is 3.30. The Morgan fingerprint density at radius 3 is 2.47 bits per heavy atom. The van der Waals surface area contributed by atoms with Gasteiger partial charge in [0.05, 0.1) is 4.90 Å². The van der Waals surface area contributed by atoms with Crippen molar-refractivity contribution in [2.45, 2.75) is 10.1 Å². The van der Waals surface area contributed by atoms with Gasteiger partial charge in [-0.3, -0.25) is 19.4 Å². The van der Waals surface area contributed by atoms with Crippen molar-refractivity contribution in [1.82, 2.24) is 14.8 Å². The third kappa shape index (κ3) is 2.65. The Balaban J connectivity index is 2.51. The van der Waals surface area contributed by atoms with E-state index in [1.807, 2.05) is 0 Å². The minimum Gasteiger partial charge on any atom is -0.399 e.